The molecule has 0 amide bonds. The molecule has 0 aromatic heterocycles. The number of hydrogen-bond donors (Lipinski definition) is 1. The second-order valence-corrected chi connectivity index (χ2v) is 5.13. The van der Waals surface area contributed by atoms with Crippen LogP contribution in [-0.4, -0.2) is 23.6 Å². The van der Waals surface area contributed by atoms with Gasteiger partial charge >= 0.3 is 0 Å². The summed E-state index contributed by atoms with van der Waals surface area (Å²) in [6.45, 7) is 0.945. The quantitative estimate of drug-likeness (QED) is 0.584. The highest BCUT2D eigenvalue weighted by molar-refractivity contribution is 8.29. The fourth-order valence-corrected chi connectivity index (χ4v) is 0.918. The van der Waals surface area contributed by atoms with Crippen molar-refractivity contribution in [2.24, 2.45) is 5.73 Å². The van der Waals surface area contributed by atoms with Crippen LogP contribution in [0, 0.1) is 0 Å². The van der Waals surface area contributed by atoms with Crippen LogP contribution >= 0.6 is 0 Å². The van der Waals surface area contributed by atoms with Gasteiger partial charge in [0.25, 0.3) is 0 Å². The van der Waals surface area contributed by atoms with Gasteiger partial charge < -0.3 is 5.73 Å². The summed E-state index contributed by atoms with van der Waals surface area (Å²) in [5, 5.41) is 0. The van der Waals surface area contributed by atoms with Crippen LogP contribution in [0.1, 0.15) is 6.42 Å². The average Bonchev–Trinajstić information content (AvgIpc) is 1.63. The molecule has 0 radical (unpaired) electrons. The Kier molecular flexibility index (Phi) is 4.29. The first-order chi connectivity index (χ1) is 4.06. The van der Waals surface area contributed by atoms with E-state index in [2.05, 4.69) is 11.2 Å². The van der Waals surface area contributed by atoms with Gasteiger partial charge in [-0.2, -0.15) is 0 Å². The highest BCUT2D eigenvalue weighted by Gasteiger charge is 1.94. The summed E-state index contributed by atoms with van der Waals surface area (Å²) in [6, 6.07) is 0. The summed E-state index contributed by atoms with van der Waals surface area (Å²) in [5.74, 6) is 0. The lowest BCUT2D eigenvalue weighted by Gasteiger charge is -1.99. The lowest BCUT2D eigenvalue weighted by molar-refractivity contribution is 0.344. The van der Waals surface area contributed by atoms with Crippen molar-refractivity contribution in [2.75, 3.05) is 19.4 Å². The maximum Gasteiger partial charge on any atom is 0.141 e. The van der Waals surface area contributed by atoms with E-state index < -0.39 is 8.77 Å². The fourth-order valence-electron chi connectivity index (χ4n) is 0.294. The predicted octanol–water partition coefficient (Wildman–Crippen LogP) is -0.357. The third kappa shape index (κ3) is 8.29. The average molecular weight is 169 g/mol. The normalized spacial score (nSPS) is 17.1. The van der Waals surface area contributed by atoms with Gasteiger partial charge in [-0.3, -0.25) is 4.18 Å². The lowest BCUT2D eigenvalue weighted by atomic mass is 10.5. The van der Waals surface area contributed by atoms with E-state index in [0.29, 0.717) is 19.6 Å². The summed E-state index contributed by atoms with van der Waals surface area (Å²) in [4.78, 5) is 0. The van der Waals surface area contributed by atoms with Crippen LogP contribution in [-0.2, 0) is 24.1 Å². The van der Waals surface area contributed by atoms with Crippen molar-refractivity contribution in [3.63, 3.8) is 0 Å². The molecular formula is C4H11NO2S2. The molecule has 1 atom stereocenters. The van der Waals surface area contributed by atoms with E-state index in [9.17, 15) is 4.21 Å². The van der Waals surface area contributed by atoms with E-state index in [-0.39, 0.29) is 0 Å². The molecule has 1 unspecified atom stereocenters. The van der Waals surface area contributed by atoms with Crippen molar-refractivity contribution < 1.29 is 8.39 Å². The largest absolute Gasteiger partial charge is 0.330 e. The van der Waals surface area contributed by atoms with Gasteiger partial charge in [0.1, 0.15) is 8.77 Å². The standard InChI is InChI=1S/C4H11NO2S2/c1-9(6,8)7-4-2-3-5/h2-5H2,1H3. The maximum absolute atomic E-state index is 10.6. The molecule has 9 heavy (non-hydrogen) atoms. The van der Waals surface area contributed by atoms with E-state index in [0.717, 1.165) is 0 Å². The van der Waals surface area contributed by atoms with Gasteiger partial charge in [0, 0.05) is 17.4 Å². The predicted molar refractivity (Wildman–Crippen MR) is 41.1 cm³/mol. The minimum Gasteiger partial charge on any atom is -0.330 e. The summed E-state index contributed by atoms with van der Waals surface area (Å²) in [7, 11) is -2.42. The Bertz CT molecular complexity index is 152. The highest BCUT2D eigenvalue weighted by Crippen LogP contribution is 1.88. The Morgan fingerprint density at radius 1 is 1.78 bits per heavy atom. The van der Waals surface area contributed by atoms with Crippen molar-refractivity contribution in [3.8, 4) is 0 Å². The van der Waals surface area contributed by atoms with Crippen LogP contribution in [0.25, 0.3) is 0 Å². The first-order valence-electron chi connectivity index (χ1n) is 2.61. The molecule has 0 fully saturated rings. The van der Waals surface area contributed by atoms with Gasteiger partial charge in [0.05, 0.1) is 6.61 Å². The molecule has 0 saturated heterocycles. The molecule has 0 aromatic rings. The smallest absolute Gasteiger partial charge is 0.141 e. The van der Waals surface area contributed by atoms with Gasteiger partial charge in [-0.05, 0) is 13.0 Å². The number of hydrogen-bond acceptors (Lipinski definition) is 4. The van der Waals surface area contributed by atoms with Crippen molar-refractivity contribution in [1.82, 2.24) is 0 Å². The van der Waals surface area contributed by atoms with Gasteiger partial charge in [0.15, 0.2) is 0 Å². The first kappa shape index (κ1) is 9.29. The maximum atomic E-state index is 10.6. The van der Waals surface area contributed by atoms with Crippen LogP contribution in [0.15, 0.2) is 0 Å². The van der Waals surface area contributed by atoms with Crippen molar-refractivity contribution in [3.05, 3.63) is 0 Å². The molecule has 0 saturated carbocycles. The van der Waals surface area contributed by atoms with Crippen LogP contribution in [0.4, 0.5) is 0 Å². The second-order valence-electron chi connectivity index (χ2n) is 1.67. The van der Waals surface area contributed by atoms with E-state index in [4.69, 9.17) is 9.92 Å². The van der Waals surface area contributed by atoms with Crippen LogP contribution in [0.5, 0.6) is 0 Å². The van der Waals surface area contributed by atoms with E-state index in [1.807, 2.05) is 0 Å². The first-order valence-corrected chi connectivity index (χ1v) is 5.42. The minimum atomic E-state index is -2.42. The fraction of sp³-hybridized carbons (Fsp3) is 1.00. The monoisotopic (exact) mass is 169 g/mol. The van der Waals surface area contributed by atoms with Crippen LogP contribution in [0.2, 0.25) is 0 Å². The summed E-state index contributed by atoms with van der Waals surface area (Å²) in [6.07, 6.45) is 2.10. The molecule has 3 nitrogen and oxygen atoms in total. The second kappa shape index (κ2) is 4.16. The van der Waals surface area contributed by atoms with Crippen molar-refractivity contribution >= 4 is 20.0 Å². The lowest BCUT2D eigenvalue weighted by Crippen LogP contribution is -2.07. The van der Waals surface area contributed by atoms with Crippen molar-refractivity contribution in [2.45, 2.75) is 6.42 Å². The zero-order chi connectivity index (χ0) is 7.33. The minimum absolute atomic E-state index is 0.398. The molecule has 0 bridgehead atoms. The van der Waals surface area contributed by atoms with E-state index in [1.165, 1.54) is 6.26 Å². The Hall–Kier alpha value is 0.290. The van der Waals surface area contributed by atoms with Crippen LogP contribution < -0.4 is 5.73 Å². The topological polar surface area (TPSA) is 52.3 Å². The third-order valence-corrected chi connectivity index (χ3v) is 1.53. The van der Waals surface area contributed by atoms with E-state index >= 15 is 0 Å². The van der Waals surface area contributed by atoms with Gasteiger partial charge in [-0.15, -0.1) is 0 Å². The SMILES string of the molecule is CS(=O)(=S)OCCCN. The summed E-state index contributed by atoms with van der Waals surface area (Å²) in [5.41, 5.74) is 5.15. The Labute approximate surface area is 60.4 Å². The van der Waals surface area contributed by atoms with Gasteiger partial charge in [0.2, 0.25) is 0 Å². The molecular weight excluding hydrogens is 158 g/mol. The summed E-state index contributed by atoms with van der Waals surface area (Å²) >= 11 is 4.46. The summed E-state index contributed by atoms with van der Waals surface area (Å²) < 4.78 is 15.3. The molecule has 0 aliphatic carbocycles. The molecule has 0 rings (SSSR count). The van der Waals surface area contributed by atoms with Gasteiger partial charge in [-0.1, -0.05) is 0 Å². The zero-order valence-corrected chi connectivity index (χ0v) is 6.96. The molecule has 2 N–H and O–H groups in total. The Balaban J connectivity index is 3.30. The Morgan fingerprint density at radius 2 is 2.33 bits per heavy atom. The zero-order valence-electron chi connectivity index (χ0n) is 5.33. The number of rotatable bonds is 4. The Morgan fingerprint density at radius 3 is 2.67 bits per heavy atom. The van der Waals surface area contributed by atoms with Gasteiger partial charge in [-0.25, -0.2) is 4.21 Å². The molecule has 0 aromatic carbocycles. The molecule has 5 heteroatoms. The van der Waals surface area contributed by atoms with Crippen molar-refractivity contribution in [1.29, 1.82) is 0 Å². The highest BCUT2D eigenvalue weighted by atomic mass is 32.8. The van der Waals surface area contributed by atoms with E-state index in [1.54, 1.807) is 0 Å². The molecule has 56 valence electrons. The molecule has 0 heterocycles. The third-order valence-electron chi connectivity index (χ3n) is 0.646. The molecule has 0 aliphatic heterocycles. The van der Waals surface area contributed by atoms with Crippen LogP contribution in [0.3, 0.4) is 0 Å². The molecule has 0 spiro atoms. The molecule has 0 aliphatic rings. The number of nitrogens with two attached hydrogens (primary N) is 1.